The molecular formula is C17H26N2O3. The fourth-order valence-electron chi connectivity index (χ4n) is 2.56. The molecule has 1 fully saturated rings. The summed E-state index contributed by atoms with van der Waals surface area (Å²) in [7, 11) is 0. The lowest BCUT2D eigenvalue weighted by molar-refractivity contribution is -0.116. The van der Waals surface area contributed by atoms with Gasteiger partial charge < -0.3 is 20.5 Å². The van der Waals surface area contributed by atoms with Gasteiger partial charge in [-0.05, 0) is 25.5 Å². The smallest absolute Gasteiger partial charge is 0.225 e. The monoisotopic (exact) mass is 306 g/mol. The van der Waals surface area contributed by atoms with Gasteiger partial charge in [0.25, 0.3) is 0 Å². The van der Waals surface area contributed by atoms with Crippen LogP contribution in [0.1, 0.15) is 31.7 Å². The lowest BCUT2D eigenvalue weighted by Crippen LogP contribution is -2.47. The van der Waals surface area contributed by atoms with Gasteiger partial charge in [-0.25, -0.2) is 0 Å². The average molecular weight is 306 g/mol. The fourth-order valence-corrected chi connectivity index (χ4v) is 2.56. The van der Waals surface area contributed by atoms with Crippen LogP contribution in [-0.2, 0) is 9.53 Å². The minimum Gasteiger partial charge on any atom is -0.388 e. The number of rotatable bonds is 6. The highest BCUT2D eigenvalue weighted by atomic mass is 16.5. The zero-order chi connectivity index (χ0) is 16.0. The van der Waals surface area contributed by atoms with Gasteiger partial charge in [-0.1, -0.05) is 18.2 Å². The van der Waals surface area contributed by atoms with Crippen molar-refractivity contribution in [2.75, 3.05) is 25.1 Å². The number of aryl methyl sites for hydroxylation is 1. The molecule has 1 aliphatic heterocycles. The predicted octanol–water partition coefficient (Wildman–Crippen LogP) is 1.84. The average Bonchev–Trinajstić information content (AvgIpc) is 2.48. The predicted molar refractivity (Wildman–Crippen MR) is 86.9 cm³/mol. The normalized spacial score (nSPS) is 18.7. The standard InChI is InChI=1S/C17H26N2O3/c1-13-5-3-4-6-15(13)19-16(20)11-14(2)18-12-17(21)7-9-22-10-8-17/h3-6,14,18,21H,7-12H2,1-2H3,(H,19,20). The van der Waals surface area contributed by atoms with Gasteiger partial charge in [0.1, 0.15) is 0 Å². The second-order valence-electron chi connectivity index (χ2n) is 6.19. The number of hydrogen-bond donors (Lipinski definition) is 3. The molecule has 1 unspecified atom stereocenters. The Morgan fingerprint density at radius 2 is 2.05 bits per heavy atom. The van der Waals surface area contributed by atoms with Crippen LogP contribution >= 0.6 is 0 Å². The number of amides is 1. The highest BCUT2D eigenvalue weighted by Gasteiger charge is 2.29. The topological polar surface area (TPSA) is 70.6 Å². The molecule has 0 aliphatic carbocycles. The summed E-state index contributed by atoms with van der Waals surface area (Å²) in [6.45, 7) is 5.62. The van der Waals surface area contributed by atoms with Crippen molar-refractivity contribution in [3.05, 3.63) is 29.8 Å². The van der Waals surface area contributed by atoms with Gasteiger partial charge in [-0.15, -0.1) is 0 Å². The molecular weight excluding hydrogens is 280 g/mol. The minimum atomic E-state index is -0.709. The van der Waals surface area contributed by atoms with Crippen LogP contribution in [0.4, 0.5) is 5.69 Å². The number of para-hydroxylation sites is 1. The fraction of sp³-hybridized carbons (Fsp3) is 0.588. The molecule has 1 saturated heterocycles. The Morgan fingerprint density at radius 1 is 1.36 bits per heavy atom. The van der Waals surface area contributed by atoms with Gasteiger partial charge in [0.2, 0.25) is 5.91 Å². The molecule has 1 amide bonds. The minimum absolute atomic E-state index is 0.0101. The Balaban J connectivity index is 1.75. The number of hydrogen-bond acceptors (Lipinski definition) is 4. The van der Waals surface area contributed by atoms with Crippen LogP contribution in [0.2, 0.25) is 0 Å². The number of anilines is 1. The largest absolute Gasteiger partial charge is 0.388 e. The zero-order valence-electron chi connectivity index (χ0n) is 13.4. The van der Waals surface area contributed by atoms with E-state index in [1.165, 1.54) is 0 Å². The van der Waals surface area contributed by atoms with Gasteiger partial charge in [0, 0.05) is 50.8 Å². The van der Waals surface area contributed by atoms with Crippen molar-refractivity contribution in [2.45, 2.75) is 44.8 Å². The van der Waals surface area contributed by atoms with Crippen molar-refractivity contribution in [3.63, 3.8) is 0 Å². The second kappa shape index (κ2) is 7.72. The maximum atomic E-state index is 12.1. The van der Waals surface area contributed by atoms with Crippen LogP contribution in [0.25, 0.3) is 0 Å². The number of benzene rings is 1. The maximum Gasteiger partial charge on any atom is 0.225 e. The van der Waals surface area contributed by atoms with E-state index in [0.29, 0.717) is 39.0 Å². The van der Waals surface area contributed by atoms with Crippen molar-refractivity contribution in [2.24, 2.45) is 0 Å². The molecule has 0 spiro atoms. The third kappa shape index (κ3) is 5.09. The zero-order valence-corrected chi connectivity index (χ0v) is 13.4. The van der Waals surface area contributed by atoms with E-state index in [-0.39, 0.29) is 11.9 Å². The summed E-state index contributed by atoms with van der Waals surface area (Å²) in [5, 5.41) is 16.6. The van der Waals surface area contributed by atoms with Crippen molar-refractivity contribution in [1.82, 2.24) is 5.32 Å². The van der Waals surface area contributed by atoms with Crippen LogP contribution < -0.4 is 10.6 Å². The lowest BCUT2D eigenvalue weighted by Gasteiger charge is -2.33. The molecule has 3 N–H and O–H groups in total. The summed E-state index contributed by atoms with van der Waals surface area (Å²) in [5.41, 5.74) is 1.19. The van der Waals surface area contributed by atoms with Crippen LogP contribution in [0.5, 0.6) is 0 Å². The molecule has 0 bridgehead atoms. The van der Waals surface area contributed by atoms with Gasteiger partial charge in [0.05, 0.1) is 5.60 Å². The molecule has 22 heavy (non-hydrogen) atoms. The summed E-state index contributed by atoms with van der Waals surface area (Å²) in [5.74, 6) is -0.0201. The van der Waals surface area contributed by atoms with Crippen molar-refractivity contribution >= 4 is 11.6 Å². The Morgan fingerprint density at radius 3 is 2.73 bits per heavy atom. The van der Waals surface area contributed by atoms with Crippen molar-refractivity contribution in [3.8, 4) is 0 Å². The molecule has 1 aromatic rings. The number of ether oxygens (including phenoxy) is 1. The quantitative estimate of drug-likeness (QED) is 0.750. The Bertz CT molecular complexity index is 498. The van der Waals surface area contributed by atoms with E-state index in [4.69, 9.17) is 4.74 Å². The first kappa shape index (κ1) is 16.9. The van der Waals surface area contributed by atoms with Crippen LogP contribution in [-0.4, -0.2) is 42.4 Å². The highest BCUT2D eigenvalue weighted by Crippen LogP contribution is 2.19. The summed E-state index contributed by atoms with van der Waals surface area (Å²) in [6.07, 6.45) is 1.66. The molecule has 2 rings (SSSR count). The Kier molecular flexibility index (Phi) is 5.94. The van der Waals surface area contributed by atoms with Crippen LogP contribution in [0.3, 0.4) is 0 Å². The molecule has 0 radical (unpaired) electrons. The molecule has 122 valence electrons. The molecule has 0 aromatic heterocycles. The molecule has 1 aromatic carbocycles. The van der Waals surface area contributed by atoms with Gasteiger partial charge >= 0.3 is 0 Å². The van der Waals surface area contributed by atoms with Gasteiger partial charge in [-0.2, -0.15) is 0 Å². The van der Waals surface area contributed by atoms with Crippen molar-refractivity contribution < 1.29 is 14.6 Å². The summed E-state index contributed by atoms with van der Waals surface area (Å²) >= 11 is 0. The number of carbonyl (C=O) groups excluding carboxylic acids is 1. The third-order valence-corrected chi connectivity index (χ3v) is 4.11. The van der Waals surface area contributed by atoms with E-state index < -0.39 is 5.60 Å². The summed E-state index contributed by atoms with van der Waals surface area (Å²) in [6, 6.07) is 7.74. The SMILES string of the molecule is Cc1ccccc1NC(=O)CC(C)NCC1(O)CCOCC1. The molecule has 5 heteroatoms. The van der Waals surface area contributed by atoms with Gasteiger partial charge in [-0.3, -0.25) is 4.79 Å². The summed E-state index contributed by atoms with van der Waals surface area (Å²) in [4.78, 5) is 12.1. The number of nitrogens with one attached hydrogen (secondary N) is 2. The van der Waals surface area contributed by atoms with E-state index in [1.807, 2.05) is 38.1 Å². The second-order valence-corrected chi connectivity index (χ2v) is 6.19. The first-order chi connectivity index (χ1) is 10.5. The summed E-state index contributed by atoms with van der Waals surface area (Å²) < 4.78 is 5.26. The van der Waals surface area contributed by atoms with E-state index in [1.54, 1.807) is 0 Å². The molecule has 1 atom stereocenters. The molecule has 5 nitrogen and oxygen atoms in total. The first-order valence-corrected chi connectivity index (χ1v) is 7.87. The van der Waals surface area contributed by atoms with Crippen molar-refractivity contribution in [1.29, 1.82) is 0 Å². The highest BCUT2D eigenvalue weighted by molar-refractivity contribution is 5.91. The Labute approximate surface area is 132 Å². The number of carbonyl (C=O) groups is 1. The third-order valence-electron chi connectivity index (χ3n) is 4.11. The lowest BCUT2D eigenvalue weighted by atomic mass is 9.94. The Hall–Kier alpha value is -1.43. The van der Waals surface area contributed by atoms with Crippen LogP contribution in [0, 0.1) is 6.92 Å². The maximum absolute atomic E-state index is 12.1. The van der Waals surface area contributed by atoms with Gasteiger partial charge in [0.15, 0.2) is 0 Å². The van der Waals surface area contributed by atoms with E-state index in [9.17, 15) is 9.90 Å². The number of aliphatic hydroxyl groups is 1. The molecule has 1 heterocycles. The van der Waals surface area contributed by atoms with E-state index in [0.717, 1.165) is 11.3 Å². The van der Waals surface area contributed by atoms with Crippen LogP contribution in [0.15, 0.2) is 24.3 Å². The first-order valence-electron chi connectivity index (χ1n) is 7.87. The van der Waals surface area contributed by atoms with E-state index >= 15 is 0 Å². The molecule has 0 saturated carbocycles. The molecule has 1 aliphatic rings. The van der Waals surface area contributed by atoms with E-state index in [2.05, 4.69) is 10.6 Å².